The van der Waals surface area contributed by atoms with Crippen LogP contribution in [0.2, 0.25) is 0 Å². The van der Waals surface area contributed by atoms with Crippen LogP contribution >= 0.6 is 0 Å². The summed E-state index contributed by atoms with van der Waals surface area (Å²) < 4.78 is 5.90. The molecule has 1 fully saturated rings. The van der Waals surface area contributed by atoms with Crippen molar-refractivity contribution in [2.24, 2.45) is 5.92 Å². The highest BCUT2D eigenvalue weighted by Crippen LogP contribution is 2.30. The van der Waals surface area contributed by atoms with Gasteiger partial charge in [-0.15, -0.1) is 0 Å². The van der Waals surface area contributed by atoms with Crippen LogP contribution in [0.25, 0.3) is 0 Å². The first-order valence-corrected chi connectivity index (χ1v) is 7.49. The summed E-state index contributed by atoms with van der Waals surface area (Å²) in [6, 6.07) is 6.34. The van der Waals surface area contributed by atoms with E-state index in [1.54, 1.807) is 0 Å². The highest BCUT2D eigenvalue weighted by Gasteiger charge is 2.23. The topological polar surface area (TPSA) is 29.5 Å². The van der Waals surface area contributed by atoms with Gasteiger partial charge in [0.25, 0.3) is 0 Å². The third kappa shape index (κ3) is 3.73. The van der Waals surface area contributed by atoms with Crippen LogP contribution in [-0.4, -0.2) is 17.8 Å². The molecule has 0 amide bonds. The minimum Gasteiger partial charge on any atom is -0.491 e. The minimum atomic E-state index is -0.317. The second-order valence-corrected chi connectivity index (χ2v) is 6.12. The van der Waals surface area contributed by atoms with E-state index in [2.05, 4.69) is 39.0 Å². The molecule has 1 aromatic carbocycles. The highest BCUT2D eigenvalue weighted by molar-refractivity contribution is 5.39. The Kier molecular flexibility index (Phi) is 4.87. The van der Waals surface area contributed by atoms with Crippen molar-refractivity contribution in [3.63, 3.8) is 0 Å². The van der Waals surface area contributed by atoms with E-state index in [0.717, 1.165) is 18.6 Å². The molecule has 0 aromatic heterocycles. The Labute approximate surface area is 116 Å². The van der Waals surface area contributed by atoms with E-state index in [1.165, 1.54) is 24.0 Å². The van der Waals surface area contributed by atoms with Crippen LogP contribution in [0.4, 0.5) is 0 Å². The van der Waals surface area contributed by atoms with E-state index in [0.29, 0.717) is 18.4 Å². The van der Waals surface area contributed by atoms with Crippen LogP contribution < -0.4 is 4.74 Å². The standard InChI is InChI=1S/C17H26O2/c1-12(2)15-9-8-13(3)10-17(15)19-11-16(18)14-6-4-5-7-14/h8-10,12,14,16,18H,4-7,11H2,1-3H3. The molecule has 0 heterocycles. The predicted molar refractivity (Wildman–Crippen MR) is 78.7 cm³/mol. The molecule has 0 spiro atoms. The van der Waals surface area contributed by atoms with Crippen molar-refractivity contribution in [2.75, 3.05) is 6.61 Å². The zero-order valence-corrected chi connectivity index (χ0v) is 12.4. The zero-order valence-electron chi connectivity index (χ0n) is 12.4. The lowest BCUT2D eigenvalue weighted by atomic mass is 10.00. The Morgan fingerprint density at radius 3 is 2.58 bits per heavy atom. The van der Waals surface area contributed by atoms with Gasteiger partial charge in [-0.05, 0) is 48.8 Å². The fourth-order valence-corrected chi connectivity index (χ4v) is 2.90. The third-order valence-electron chi connectivity index (χ3n) is 4.14. The summed E-state index contributed by atoms with van der Waals surface area (Å²) in [5, 5.41) is 10.2. The largest absolute Gasteiger partial charge is 0.491 e. The summed E-state index contributed by atoms with van der Waals surface area (Å²) in [5.74, 6) is 1.82. The van der Waals surface area contributed by atoms with Crippen LogP contribution in [0, 0.1) is 12.8 Å². The molecule has 2 rings (SSSR count). The first kappa shape index (κ1) is 14.4. The number of rotatable bonds is 5. The number of aliphatic hydroxyl groups excluding tert-OH is 1. The van der Waals surface area contributed by atoms with Gasteiger partial charge in [-0.25, -0.2) is 0 Å². The second-order valence-electron chi connectivity index (χ2n) is 6.12. The summed E-state index contributed by atoms with van der Waals surface area (Å²) in [6.45, 7) is 6.84. The Hall–Kier alpha value is -1.02. The lowest BCUT2D eigenvalue weighted by molar-refractivity contribution is 0.0588. The van der Waals surface area contributed by atoms with Crippen molar-refractivity contribution >= 4 is 0 Å². The summed E-state index contributed by atoms with van der Waals surface area (Å²) in [5.41, 5.74) is 2.43. The van der Waals surface area contributed by atoms with Crippen LogP contribution in [-0.2, 0) is 0 Å². The third-order valence-corrected chi connectivity index (χ3v) is 4.14. The van der Waals surface area contributed by atoms with Gasteiger partial charge >= 0.3 is 0 Å². The van der Waals surface area contributed by atoms with Gasteiger partial charge in [0.1, 0.15) is 12.4 Å². The lowest BCUT2D eigenvalue weighted by Crippen LogP contribution is -2.25. The summed E-state index contributed by atoms with van der Waals surface area (Å²) in [6.07, 6.45) is 4.49. The SMILES string of the molecule is Cc1ccc(C(C)C)c(OCC(O)C2CCCC2)c1. The fourth-order valence-electron chi connectivity index (χ4n) is 2.90. The maximum atomic E-state index is 10.2. The fraction of sp³-hybridized carbons (Fsp3) is 0.647. The number of benzene rings is 1. The van der Waals surface area contributed by atoms with Crippen molar-refractivity contribution in [1.29, 1.82) is 0 Å². The van der Waals surface area contributed by atoms with E-state index < -0.39 is 0 Å². The van der Waals surface area contributed by atoms with Gasteiger partial charge in [-0.3, -0.25) is 0 Å². The van der Waals surface area contributed by atoms with Gasteiger partial charge in [-0.2, -0.15) is 0 Å². The first-order valence-electron chi connectivity index (χ1n) is 7.49. The summed E-state index contributed by atoms with van der Waals surface area (Å²) in [7, 11) is 0. The number of hydrogen-bond donors (Lipinski definition) is 1. The number of hydrogen-bond acceptors (Lipinski definition) is 2. The van der Waals surface area contributed by atoms with Crippen molar-refractivity contribution < 1.29 is 9.84 Å². The molecule has 0 aliphatic heterocycles. The molecule has 0 saturated heterocycles. The van der Waals surface area contributed by atoms with E-state index in [1.807, 2.05) is 0 Å². The van der Waals surface area contributed by atoms with Crippen LogP contribution in [0.3, 0.4) is 0 Å². The molecule has 1 N–H and O–H groups in total. The maximum Gasteiger partial charge on any atom is 0.123 e. The van der Waals surface area contributed by atoms with Crippen LogP contribution in [0.5, 0.6) is 5.75 Å². The average Bonchev–Trinajstić information content (AvgIpc) is 2.89. The van der Waals surface area contributed by atoms with Crippen molar-refractivity contribution in [3.05, 3.63) is 29.3 Å². The molecule has 1 aliphatic carbocycles. The second kappa shape index (κ2) is 6.42. The van der Waals surface area contributed by atoms with Crippen molar-refractivity contribution in [1.82, 2.24) is 0 Å². The Balaban J connectivity index is 1.99. The van der Waals surface area contributed by atoms with Crippen LogP contribution in [0.1, 0.15) is 56.6 Å². The maximum absolute atomic E-state index is 10.2. The number of aliphatic hydroxyl groups is 1. The van der Waals surface area contributed by atoms with Gasteiger partial charge < -0.3 is 9.84 Å². The molecule has 0 bridgehead atoms. The van der Waals surface area contributed by atoms with Gasteiger partial charge in [0, 0.05) is 0 Å². The normalized spacial score (nSPS) is 17.9. The van der Waals surface area contributed by atoms with E-state index in [-0.39, 0.29) is 6.10 Å². The molecule has 1 saturated carbocycles. The number of ether oxygens (including phenoxy) is 1. The molecule has 2 nitrogen and oxygen atoms in total. The smallest absolute Gasteiger partial charge is 0.123 e. The van der Waals surface area contributed by atoms with E-state index >= 15 is 0 Å². The van der Waals surface area contributed by atoms with Gasteiger partial charge in [0.15, 0.2) is 0 Å². The molecule has 2 heteroatoms. The monoisotopic (exact) mass is 262 g/mol. The quantitative estimate of drug-likeness (QED) is 0.867. The molecule has 1 aromatic rings. The first-order chi connectivity index (χ1) is 9.08. The van der Waals surface area contributed by atoms with Gasteiger partial charge in [0.05, 0.1) is 6.10 Å². The minimum absolute atomic E-state index is 0.317. The number of aryl methyl sites for hydroxylation is 1. The zero-order chi connectivity index (χ0) is 13.8. The van der Waals surface area contributed by atoms with Gasteiger partial charge in [0.2, 0.25) is 0 Å². The Morgan fingerprint density at radius 2 is 1.95 bits per heavy atom. The van der Waals surface area contributed by atoms with Crippen molar-refractivity contribution in [2.45, 2.75) is 58.5 Å². The van der Waals surface area contributed by atoms with Gasteiger partial charge in [-0.1, -0.05) is 38.8 Å². The van der Waals surface area contributed by atoms with Crippen LogP contribution in [0.15, 0.2) is 18.2 Å². The molecule has 1 atom stereocenters. The highest BCUT2D eigenvalue weighted by atomic mass is 16.5. The summed E-state index contributed by atoms with van der Waals surface area (Å²) >= 11 is 0. The molecule has 1 unspecified atom stereocenters. The summed E-state index contributed by atoms with van der Waals surface area (Å²) in [4.78, 5) is 0. The van der Waals surface area contributed by atoms with E-state index in [4.69, 9.17) is 4.74 Å². The Bertz CT molecular complexity index is 406. The molecular weight excluding hydrogens is 236 g/mol. The van der Waals surface area contributed by atoms with Crippen molar-refractivity contribution in [3.8, 4) is 5.75 Å². The molecule has 0 radical (unpaired) electrons. The Morgan fingerprint density at radius 1 is 1.26 bits per heavy atom. The average molecular weight is 262 g/mol. The van der Waals surface area contributed by atoms with E-state index in [9.17, 15) is 5.11 Å². The molecule has 19 heavy (non-hydrogen) atoms. The molecular formula is C17H26O2. The molecule has 1 aliphatic rings. The molecule has 106 valence electrons. The lowest BCUT2D eigenvalue weighted by Gasteiger charge is -2.20. The predicted octanol–water partition coefficient (Wildman–Crippen LogP) is 4.05.